The van der Waals surface area contributed by atoms with E-state index in [1.54, 1.807) is 0 Å². The van der Waals surface area contributed by atoms with Crippen LogP contribution in [0.2, 0.25) is 0 Å². The minimum atomic E-state index is -0.153. The van der Waals surface area contributed by atoms with E-state index in [0.29, 0.717) is 13.0 Å². The Balaban J connectivity index is 1.44. The summed E-state index contributed by atoms with van der Waals surface area (Å²) in [4.78, 5) is 16.5. The van der Waals surface area contributed by atoms with Crippen LogP contribution in [0.1, 0.15) is 41.5 Å². The van der Waals surface area contributed by atoms with Crippen molar-refractivity contribution in [2.75, 3.05) is 13.3 Å². The third kappa shape index (κ3) is 4.31. The molecule has 0 fully saturated rings. The van der Waals surface area contributed by atoms with E-state index in [1.165, 1.54) is 11.1 Å². The van der Waals surface area contributed by atoms with E-state index in [2.05, 4.69) is 47.6 Å². The molecule has 1 unspecified atom stereocenters. The zero-order chi connectivity index (χ0) is 22.6. The van der Waals surface area contributed by atoms with Crippen molar-refractivity contribution in [2.24, 2.45) is 0 Å². The summed E-state index contributed by atoms with van der Waals surface area (Å²) in [6.45, 7) is 2.97. The number of carbonyl (C=O) groups excluding carboxylic acids is 1. The second-order valence-electron chi connectivity index (χ2n) is 8.36. The van der Waals surface area contributed by atoms with Crippen LogP contribution in [-0.4, -0.2) is 24.2 Å². The maximum atomic E-state index is 13.1. The number of carbonyl (C=O) groups is 1. The van der Waals surface area contributed by atoms with Crippen LogP contribution in [-0.2, 0) is 17.6 Å². The van der Waals surface area contributed by atoms with E-state index in [1.807, 2.05) is 42.6 Å². The number of rotatable bonds is 8. The third-order valence-electron chi connectivity index (χ3n) is 6.36. The number of aromatic amines is 1. The predicted molar refractivity (Wildman–Crippen MR) is 130 cm³/mol. The minimum absolute atomic E-state index is 0.0217. The molecule has 3 aromatic carbocycles. The molecule has 1 aromatic heterocycles. The van der Waals surface area contributed by atoms with Gasteiger partial charge in [0.05, 0.1) is 0 Å². The summed E-state index contributed by atoms with van der Waals surface area (Å²) in [7, 11) is 0. The van der Waals surface area contributed by atoms with E-state index in [-0.39, 0.29) is 18.6 Å². The van der Waals surface area contributed by atoms with Crippen molar-refractivity contribution in [3.8, 4) is 11.5 Å². The zero-order valence-electron chi connectivity index (χ0n) is 18.8. The number of hydrogen-bond acceptors (Lipinski definition) is 3. The Hall–Kier alpha value is -3.73. The van der Waals surface area contributed by atoms with Crippen molar-refractivity contribution in [1.29, 1.82) is 0 Å². The lowest BCUT2D eigenvalue weighted by Gasteiger charge is -2.19. The average Bonchev–Trinajstić information content (AvgIpc) is 3.50. The molecule has 2 heterocycles. The first-order chi connectivity index (χ1) is 16.2. The number of nitrogens with one attached hydrogen (secondary N) is 2. The number of H-pyrrole nitrogens is 1. The maximum absolute atomic E-state index is 13.1. The molecule has 1 aliphatic rings. The van der Waals surface area contributed by atoms with Crippen molar-refractivity contribution in [3.63, 3.8) is 0 Å². The largest absolute Gasteiger partial charge is 0.454 e. The van der Waals surface area contributed by atoms with E-state index in [4.69, 9.17) is 9.47 Å². The molecule has 1 aliphatic heterocycles. The number of benzene rings is 3. The number of amides is 1. The lowest BCUT2D eigenvalue weighted by molar-refractivity contribution is -0.121. The van der Waals surface area contributed by atoms with E-state index < -0.39 is 0 Å². The molecule has 33 heavy (non-hydrogen) atoms. The molecule has 0 bridgehead atoms. The topological polar surface area (TPSA) is 63.4 Å². The van der Waals surface area contributed by atoms with Gasteiger partial charge in [-0.05, 0) is 35.6 Å². The molecule has 1 amide bonds. The first kappa shape index (κ1) is 21.1. The van der Waals surface area contributed by atoms with Crippen LogP contribution in [0.5, 0.6) is 11.5 Å². The smallest absolute Gasteiger partial charge is 0.231 e. The van der Waals surface area contributed by atoms with Gasteiger partial charge in [0.25, 0.3) is 0 Å². The summed E-state index contributed by atoms with van der Waals surface area (Å²) >= 11 is 0. The van der Waals surface area contributed by atoms with Gasteiger partial charge in [-0.1, -0.05) is 67.6 Å². The Morgan fingerprint density at radius 1 is 1.00 bits per heavy atom. The normalized spacial score (nSPS) is 13.2. The number of fused-ring (bicyclic) bond motifs is 2. The molecule has 5 heteroatoms. The molecule has 0 aliphatic carbocycles. The third-order valence-corrected chi connectivity index (χ3v) is 6.36. The van der Waals surface area contributed by atoms with Gasteiger partial charge in [0.2, 0.25) is 12.7 Å². The second-order valence-corrected chi connectivity index (χ2v) is 8.36. The first-order valence-corrected chi connectivity index (χ1v) is 11.5. The van der Waals surface area contributed by atoms with Crippen LogP contribution in [0, 0.1) is 0 Å². The molecule has 0 saturated carbocycles. The number of para-hydroxylation sites is 2. The molecule has 0 spiro atoms. The Bertz CT molecular complexity index is 1260. The Kier molecular flexibility index (Phi) is 6.03. The Labute approximate surface area is 193 Å². The lowest BCUT2D eigenvalue weighted by atomic mass is 9.86. The minimum Gasteiger partial charge on any atom is -0.454 e. The lowest BCUT2D eigenvalue weighted by Crippen LogP contribution is -2.27. The molecule has 5 rings (SSSR count). The van der Waals surface area contributed by atoms with E-state index in [0.717, 1.165) is 46.4 Å². The molecule has 1 atom stereocenters. The monoisotopic (exact) mass is 440 g/mol. The van der Waals surface area contributed by atoms with Crippen LogP contribution >= 0.6 is 0 Å². The van der Waals surface area contributed by atoms with Crippen molar-refractivity contribution < 1.29 is 14.3 Å². The van der Waals surface area contributed by atoms with Gasteiger partial charge in [-0.2, -0.15) is 0 Å². The highest BCUT2D eigenvalue weighted by Gasteiger charge is 2.28. The summed E-state index contributed by atoms with van der Waals surface area (Å²) in [5.41, 5.74) is 5.69. The standard InChI is InChI=1S/C28H28N2O3/c1-2-20-10-6-11-21-24(17-30-27(20)21)23(22-12-7-13-25-28(22)33-18-32-25)16-26(31)29-15-14-19-8-4-3-5-9-19/h3-13,17,23,30H,2,14-16,18H2,1H3,(H,29,31). The predicted octanol–water partition coefficient (Wildman–Crippen LogP) is 5.34. The van der Waals surface area contributed by atoms with Crippen LogP contribution in [0.4, 0.5) is 0 Å². The van der Waals surface area contributed by atoms with Crippen molar-refractivity contribution >= 4 is 16.8 Å². The molecule has 168 valence electrons. The van der Waals surface area contributed by atoms with Gasteiger partial charge in [0.1, 0.15) is 0 Å². The fourth-order valence-corrected chi connectivity index (χ4v) is 4.68. The molecule has 0 saturated heterocycles. The van der Waals surface area contributed by atoms with Crippen LogP contribution in [0.3, 0.4) is 0 Å². The summed E-state index contributed by atoms with van der Waals surface area (Å²) in [6.07, 6.45) is 4.13. The molecule has 4 aromatic rings. The van der Waals surface area contributed by atoms with E-state index >= 15 is 0 Å². The van der Waals surface area contributed by atoms with Crippen LogP contribution in [0.15, 0.2) is 72.9 Å². The van der Waals surface area contributed by atoms with Crippen LogP contribution in [0.25, 0.3) is 10.9 Å². The maximum Gasteiger partial charge on any atom is 0.231 e. The van der Waals surface area contributed by atoms with Crippen LogP contribution < -0.4 is 14.8 Å². The molecular formula is C28H28N2O3. The zero-order valence-corrected chi connectivity index (χ0v) is 18.8. The summed E-state index contributed by atoms with van der Waals surface area (Å²) in [5.74, 6) is 1.34. The Morgan fingerprint density at radius 3 is 2.70 bits per heavy atom. The number of hydrogen-bond donors (Lipinski definition) is 2. The SMILES string of the molecule is CCc1cccc2c(C(CC(=O)NCCc3ccccc3)c3cccc4c3OCO4)c[nH]c12. The number of aryl methyl sites for hydroxylation is 1. The highest BCUT2D eigenvalue weighted by Crippen LogP contribution is 2.44. The summed E-state index contributed by atoms with van der Waals surface area (Å²) < 4.78 is 11.4. The van der Waals surface area contributed by atoms with Gasteiger partial charge < -0.3 is 19.8 Å². The quantitative estimate of drug-likeness (QED) is 0.389. The van der Waals surface area contributed by atoms with Crippen molar-refractivity contribution in [1.82, 2.24) is 10.3 Å². The average molecular weight is 441 g/mol. The molecule has 5 nitrogen and oxygen atoms in total. The number of ether oxygens (including phenoxy) is 2. The number of aromatic nitrogens is 1. The highest BCUT2D eigenvalue weighted by molar-refractivity contribution is 5.88. The van der Waals surface area contributed by atoms with Crippen molar-refractivity contribution in [2.45, 2.75) is 32.1 Å². The highest BCUT2D eigenvalue weighted by atomic mass is 16.7. The van der Waals surface area contributed by atoms with Crippen molar-refractivity contribution in [3.05, 3.63) is 95.2 Å². The second kappa shape index (κ2) is 9.41. The fourth-order valence-electron chi connectivity index (χ4n) is 4.68. The van der Waals surface area contributed by atoms with Gasteiger partial charge in [0.15, 0.2) is 11.5 Å². The molecule has 0 radical (unpaired) electrons. The fraction of sp³-hybridized carbons (Fsp3) is 0.250. The van der Waals surface area contributed by atoms with Gasteiger partial charge in [0, 0.05) is 41.5 Å². The molecule has 2 N–H and O–H groups in total. The van der Waals surface area contributed by atoms with Gasteiger partial charge in [-0.15, -0.1) is 0 Å². The van der Waals surface area contributed by atoms with Gasteiger partial charge in [-0.25, -0.2) is 0 Å². The summed E-state index contributed by atoms with van der Waals surface area (Å²) in [6, 6.07) is 22.5. The summed E-state index contributed by atoms with van der Waals surface area (Å²) in [5, 5.41) is 4.26. The first-order valence-electron chi connectivity index (χ1n) is 11.5. The molecular weight excluding hydrogens is 412 g/mol. The van der Waals surface area contributed by atoms with Gasteiger partial charge in [-0.3, -0.25) is 4.79 Å². The Morgan fingerprint density at radius 2 is 1.85 bits per heavy atom. The van der Waals surface area contributed by atoms with Gasteiger partial charge >= 0.3 is 0 Å². The van der Waals surface area contributed by atoms with E-state index in [9.17, 15) is 4.79 Å².